The summed E-state index contributed by atoms with van der Waals surface area (Å²) < 4.78 is 0. The first-order chi connectivity index (χ1) is 14.7. The van der Waals surface area contributed by atoms with Gasteiger partial charge in [0.15, 0.2) is 5.96 Å². The van der Waals surface area contributed by atoms with E-state index < -0.39 is 0 Å². The monoisotopic (exact) mass is 539 g/mol. The molecular weight excluding hydrogens is 501 g/mol. The summed E-state index contributed by atoms with van der Waals surface area (Å²) in [5, 5.41) is 3.44. The van der Waals surface area contributed by atoms with Gasteiger partial charge in [-0.2, -0.15) is 0 Å². The van der Waals surface area contributed by atoms with Crippen molar-refractivity contribution in [3.8, 4) is 0 Å². The highest BCUT2D eigenvalue weighted by molar-refractivity contribution is 14.0. The molecule has 7 heteroatoms. The Balaban J connectivity index is 0.00000272. The molecule has 3 aliphatic rings. The summed E-state index contributed by atoms with van der Waals surface area (Å²) in [7, 11) is 0. The number of aliphatic imine (C=N–C) groups is 1. The molecule has 1 N–H and O–H groups in total. The van der Waals surface area contributed by atoms with Crippen LogP contribution in [0.1, 0.15) is 44.6 Å². The van der Waals surface area contributed by atoms with Crippen molar-refractivity contribution >= 4 is 35.8 Å². The number of fused-ring (bicyclic) bond motifs is 1. The Hall–Kier alpha value is -1.35. The van der Waals surface area contributed by atoms with Gasteiger partial charge in [-0.05, 0) is 57.1 Å². The molecule has 3 aliphatic heterocycles. The van der Waals surface area contributed by atoms with Gasteiger partial charge in [0.2, 0.25) is 5.91 Å². The number of benzene rings is 1. The fraction of sp³-hybridized carbons (Fsp3) is 0.667. The van der Waals surface area contributed by atoms with E-state index in [0.29, 0.717) is 12.0 Å². The topological polar surface area (TPSA) is 51.2 Å². The predicted molar refractivity (Wildman–Crippen MR) is 137 cm³/mol. The number of amides is 1. The van der Waals surface area contributed by atoms with E-state index in [1.54, 1.807) is 0 Å². The van der Waals surface area contributed by atoms with Crippen molar-refractivity contribution < 1.29 is 4.79 Å². The van der Waals surface area contributed by atoms with E-state index >= 15 is 0 Å². The summed E-state index contributed by atoms with van der Waals surface area (Å²) >= 11 is 0. The van der Waals surface area contributed by atoms with E-state index in [1.807, 2.05) is 4.90 Å². The van der Waals surface area contributed by atoms with Crippen LogP contribution in [-0.2, 0) is 11.3 Å². The Kier molecular flexibility index (Phi) is 9.44. The molecule has 6 nitrogen and oxygen atoms in total. The van der Waals surface area contributed by atoms with Crippen LogP contribution >= 0.6 is 24.0 Å². The third-order valence-electron chi connectivity index (χ3n) is 6.87. The van der Waals surface area contributed by atoms with Crippen LogP contribution in [0.15, 0.2) is 35.3 Å². The van der Waals surface area contributed by atoms with Gasteiger partial charge in [0.05, 0.1) is 0 Å². The lowest BCUT2D eigenvalue weighted by molar-refractivity contribution is -0.128. The normalized spacial score (nSPS) is 24.5. The van der Waals surface area contributed by atoms with Crippen molar-refractivity contribution in [1.29, 1.82) is 0 Å². The maximum absolute atomic E-state index is 12.4. The third-order valence-corrected chi connectivity index (χ3v) is 6.87. The maximum atomic E-state index is 12.4. The van der Waals surface area contributed by atoms with Gasteiger partial charge in [-0.3, -0.25) is 9.69 Å². The smallest absolute Gasteiger partial charge is 0.244 e. The van der Waals surface area contributed by atoms with Crippen LogP contribution in [0.4, 0.5) is 0 Å². The second-order valence-electron chi connectivity index (χ2n) is 8.92. The van der Waals surface area contributed by atoms with E-state index in [-0.39, 0.29) is 36.4 Å². The Labute approximate surface area is 204 Å². The molecule has 0 spiro atoms. The van der Waals surface area contributed by atoms with Gasteiger partial charge < -0.3 is 15.1 Å². The number of carbonyl (C=O) groups is 1. The van der Waals surface area contributed by atoms with E-state index in [1.165, 1.54) is 31.4 Å². The molecule has 3 heterocycles. The minimum atomic E-state index is 0. The molecule has 1 amide bonds. The van der Waals surface area contributed by atoms with E-state index in [2.05, 4.69) is 52.4 Å². The molecular formula is C24H38IN5O. The zero-order valence-electron chi connectivity index (χ0n) is 18.8. The number of carbonyl (C=O) groups excluding carboxylic acids is 1. The van der Waals surface area contributed by atoms with Crippen molar-refractivity contribution in [2.24, 2.45) is 10.9 Å². The highest BCUT2D eigenvalue weighted by atomic mass is 127. The molecule has 1 aromatic rings. The lowest BCUT2D eigenvalue weighted by Gasteiger charge is -2.48. The lowest BCUT2D eigenvalue weighted by Crippen LogP contribution is -2.56. The molecule has 0 radical (unpaired) electrons. The average Bonchev–Trinajstić information content (AvgIpc) is 3.32. The van der Waals surface area contributed by atoms with Gasteiger partial charge in [0.1, 0.15) is 6.54 Å². The largest absolute Gasteiger partial charge is 0.357 e. The molecule has 0 aliphatic carbocycles. The highest BCUT2D eigenvalue weighted by Crippen LogP contribution is 2.31. The van der Waals surface area contributed by atoms with Crippen LogP contribution in [0.5, 0.6) is 0 Å². The Bertz CT molecular complexity index is 722. The van der Waals surface area contributed by atoms with Crippen LogP contribution in [0.3, 0.4) is 0 Å². The highest BCUT2D eigenvalue weighted by Gasteiger charge is 2.36. The van der Waals surface area contributed by atoms with Crippen molar-refractivity contribution in [3.05, 3.63) is 35.9 Å². The number of nitrogens with zero attached hydrogens (tertiary/aromatic N) is 4. The molecule has 2 atom stereocenters. The molecule has 0 aromatic heterocycles. The summed E-state index contributed by atoms with van der Waals surface area (Å²) in [5.74, 6) is 1.77. The van der Waals surface area contributed by atoms with Gasteiger partial charge in [-0.25, -0.2) is 4.99 Å². The number of guanidine groups is 1. The first-order valence-corrected chi connectivity index (χ1v) is 11.8. The summed E-state index contributed by atoms with van der Waals surface area (Å²) in [4.78, 5) is 24.2. The molecule has 4 rings (SSSR count). The second kappa shape index (κ2) is 12.0. The molecule has 3 fully saturated rings. The zero-order valence-corrected chi connectivity index (χ0v) is 21.2. The third kappa shape index (κ3) is 6.34. The number of nitrogens with one attached hydrogen (secondary N) is 1. The van der Waals surface area contributed by atoms with Crippen LogP contribution in [0, 0.1) is 5.92 Å². The van der Waals surface area contributed by atoms with E-state index in [4.69, 9.17) is 4.99 Å². The van der Waals surface area contributed by atoms with E-state index in [9.17, 15) is 4.79 Å². The Morgan fingerprint density at radius 3 is 2.55 bits per heavy atom. The number of halogens is 1. The molecule has 172 valence electrons. The van der Waals surface area contributed by atoms with Gasteiger partial charge >= 0.3 is 0 Å². The van der Waals surface area contributed by atoms with Crippen LogP contribution in [-0.4, -0.2) is 78.4 Å². The lowest BCUT2D eigenvalue weighted by atomic mass is 9.83. The molecule has 2 unspecified atom stereocenters. The van der Waals surface area contributed by atoms with Gasteiger partial charge in [-0.1, -0.05) is 30.3 Å². The number of hydrogen-bond donors (Lipinski definition) is 1. The second-order valence-corrected chi connectivity index (χ2v) is 8.92. The van der Waals surface area contributed by atoms with Gasteiger partial charge in [0, 0.05) is 45.3 Å². The summed E-state index contributed by atoms with van der Waals surface area (Å²) in [5.41, 5.74) is 1.41. The Morgan fingerprint density at radius 2 is 1.81 bits per heavy atom. The standard InChI is InChI=1S/C24H37N5O.HI/c1-2-25-24(26-17-23(30)27-13-6-7-14-27)29-16-12-22-21(19-29)11-8-15-28(22)18-20-9-4-3-5-10-20;/h3-5,9-10,21-22H,2,6-8,11-19H2,1H3,(H,25,26);1H. The fourth-order valence-electron chi connectivity index (χ4n) is 5.35. The van der Waals surface area contributed by atoms with Gasteiger partial charge in [0.25, 0.3) is 0 Å². The maximum Gasteiger partial charge on any atom is 0.244 e. The average molecular weight is 540 g/mol. The van der Waals surface area contributed by atoms with Crippen LogP contribution in [0.25, 0.3) is 0 Å². The SMILES string of the molecule is CCNC(=NCC(=O)N1CCCC1)N1CCC2C(CCCN2Cc2ccccc2)C1.I. The summed E-state index contributed by atoms with van der Waals surface area (Å²) in [6, 6.07) is 11.5. The predicted octanol–water partition coefficient (Wildman–Crippen LogP) is 3.18. The Morgan fingerprint density at radius 1 is 1.03 bits per heavy atom. The number of hydrogen-bond acceptors (Lipinski definition) is 3. The van der Waals surface area contributed by atoms with Crippen LogP contribution in [0.2, 0.25) is 0 Å². The van der Waals surface area contributed by atoms with Crippen molar-refractivity contribution in [2.45, 2.75) is 51.6 Å². The number of rotatable bonds is 5. The van der Waals surface area contributed by atoms with Crippen molar-refractivity contribution in [1.82, 2.24) is 20.0 Å². The zero-order chi connectivity index (χ0) is 20.8. The fourth-order valence-corrected chi connectivity index (χ4v) is 5.35. The quantitative estimate of drug-likeness (QED) is 0.355. The number of piperidine rings is 2. The first kappa shape index (κ1) is 24.3. The molecule has 31 heavy (non-hydrogen) atoms. The summed E-state index contributed by atoms with van der Waals surface area (Å²) in [6.45, 7) is 9.32. The molecule has 0 bridgehead atoms. The van der Waals surface area contributed by atoms with Crippen molar-refractivity contribution in [3.63, 3.8) is 0 Å². The minimum absolute atomic E-state index is 0. The minimum Gasteiger partial charge on any atom is -0.357 e. The van der Waals surface area contributed by atoms with E-state index in [0.717, 1.165) is 58.1 Å². The molecule has 3 saturated heterocycles. The first-order valence-electron chi connectivity index (χ1n) is 11.8. The summed E-state index contributed by atoms with van der Waals surface area (Å²) in [6.07, 6.45) is 5.98. The molecule has 1 aromatic carbocycles. The van der Waals surface area contributed by atoms with Gasteiger partial charge in [-0.15, -0.1) is 24.0 Å². The van der Waals surface area contributed by atoms with Crippen LogP contribution < -0.4 is 5.32 Å². The number of likely N-dealkylation sites (tertiary alicyclic amines) is 3. The van der Waals surface area contributed by atoms with Crippen molar-refractivity contribution in [2.75, 3.05) is 45.8 Å². The molecule has 0 saturated carbocycles.